The van der Waals surface area contributed by atoms with Crippen molar-refractivity contribution in [2.24, 2.45) is 5.92 Å². The molecule has 0 atom stereocenters. The summed E-state index contributed by atoms with van der Waals surface area (Å²) in [6.45, 7) is 6.05. The van der Waals surface area contributed by atoms with Crippen LogP contribution in [-0.2, 0) is 0 Å². The fourth-order valence-corrected chi connectivity index (χ4v) is 3.57. The average Bonchev–Trinajstić information content (AvgIpc) is 3.48. The van der Waals surface area contributed by atoms with E-state index in [4.69, 9.17) is 0 Å². The summed E-state index contributed by atoms with van der Waals surface area (Å²) in [5, 5.41) is 0. The summed E-state index contributed by atoms with van der Waals surface area (Å²) >= 11 is 0. The van der Waals surface area contributed by atoms with Gasteiger partial charge in [-0.3, -0.25) is 9.69 Å². The largest absolute Gasteiger partial charge is 0.301 e. The second-order valence-corrected chi connectivity index (χ2v) is 7.39. The SMILES string of the molecule is O=C(CN1CCN(CC2CC2)CC1)c1ccc(-c2ccccc2)cc1. The standard InChI is InChI=1S/C22H26N2O/c25-22(17-24-14-12-23(13-15-24)16-18-6-7-18)21-10-8-20(9-11-21)19-4-2-1-3-5-19/h1-5,8-11,18H,6-7,12-17H2. The third-order valence-electron chi connectivity index (χ3n) is 5.36. The summed E-state index contributed by atoms with van der Waals surface area (Å²) in [5.41, 5.74) is 3.17. The topological polar surface area (TPSA) is 23.6 Å². The molecule has 4 rings (SSSR count). The fraction of sp³-hybridized carbons (Fsp3) is 0.409. The van der Waals surface area contributed by atoms with Crippen molar-refractivity contribution in [1.82, 2.24) is 9.80 Å². The van der Waals surface area contributed by atoms with Gasteiger partial charge in [-0.1, -0.05) is 54.6 Å². The van der Waals surface area contributed by atoms with Crippen LogP contribution in [0.1, 0.15) is 23.2 Å². The Morgan fingerprint density at radius 3 is 2.04 bits per heavy atom. The highest BCUT2D eigenvalue weighted by Gasteiger charge is 2.26. The normalized spacial score (nSPS) is 19.0. The number of benzene rings is 2. The highest BCUT2D eigenvalue weighted by atomic mass is 16.1. The molecule has 0 bridgehead atoms. The van der Waals surface area contributed by atoms with E-state index in [1.54, 1.807) is 0 Å². The van der Waals surface area contributed by atoms with Crippen molar-refractivity contribution in [3.8, 4) is 11.1 Å². The van der Waals surface area contributed by atoms with Crippen LogP contribution in [0.5, 0.6) is 0 Å². The highest BCUT2D eigenvalue weighted by molar-refractivity contribution is 5.98. The van der Waals surface area contributed by atoms with Crippen LogP contribution in [0.3, 0.4) is 0 Å². The van der Waals surface area contributed by atoms with E-state index in [0.29, 0.717) is 6.54 Å². The minimum Gasteiger partial charge on any atom is -0.301 e. The number of hydrogen-bond donors (Lipinski definition) is 0. The Morgan fingerprint density at radius 1 is 0.800 bits per heavy atom. The van der Waals surface area contributed by atoms with Crippen LogP contribution in [0, 0.1) is 5.92 Å². The third kappa shape index (κ3) is 4.36. The first kappa shape index (κ1) is 16.5. The van der Waals surface area contributed by atoms with Crippen molar-refractivity contribution in [2.45, 2.75) is 12.8 Å². The van der Waals surface area contributed by atoms with E-state index in [1.807, 2.05) is 30.3 Å². The monoisotopic (exact) mass is 334 g/mol. The van der Waals surface area contributed by atoms with E-state index < -0.39 is 0 Å². The number of nitrogens with zero attached hydrogens (tertiary/aromatic N) is 2. The molecule has 1 heterocycles. The minimum atomic E-state index is 0.232. The molecule has 0 N–H and O–H groups in total. The molecule has 2 aromatic carbocycles. The third-order valence-corrected chi connectivity index (χ3v) is 5.36. The molecule has 1 saturated heterocycles. The Labute approximate surface area is 150 Å². The zero-order valence-electron chi connectivity index (χ0n) is 14.7. The minimum absolute atomic E-state index is 0.232. The molecular formula is C22H26N2O. The lowest BCUT2D eigenvalue weighted by atomic mass is 10.0. The van der Waals surface area contributed by atoms with Crippen LogP contribution in [0.2, 0.25) is 0 Å². The number of rotatable bonds is 6. The summed E-state index contributed by atoms with van der Waals surface area (Å²) < 4.78 is 0. The van der Waals surface area contributed by atoms with Crippen LogP contribution in [0.15, 0.2) is 54.6 Å². The van der Waals surface area contributed by atoms with Gasteiger partial charge in [-0.05, 0) is 29.9 Å². The zero-order chi connectivity index (χ0) is 17.1. The van der Waals surface area contributed by atoms with E-state index in [1.165, 1.54) is 24.9 Å². The molecule has 0 unspecified atom stereocenters. The van der Waals surface area contributed by atoms with Gasteiger partial charge in [0.1, 0.15) is 0 Å². The van der Waals surface area contributed by atoms with Gasteiger partial charge < -0.3 is 4.90 Å². The van der Waals surface area contributed by atoms with Gasteiger partial charge in [-0.25, -0.2) is 0 Å². The lowest BCUT2D eigenvalue weighted by molar-refractivity contribution is 0.0847. The predicted octanol–water partition coefficient (Wildman–Crippen LogP) is 3.56. The first-order chi connectivity index (χ1) is 12.3. The summed E-state index contributed by atoms with van der Waals surface area (Å²) in [4.78, 5) is 17.4. The maximum Gasteiger partial charge on any atom is 0.176 e. The van der Waals surface area contributed by atoms with E-state index in [2.05, 4.69) is 34.1 Å². The molecule has 2 fully saturated rings. The van der Waals surface area contributed by atoms with Gasteiger partial charge in [0.05, 0.1) is 6.54 Å². The van der Waals surface area contributed by atoms with Crippen molar-refractivity contribution in [3.05, 3.63) is 60.2 Å². The molecule has 3 heteroatoms. The second kappa shape index (κ2) is 7.51. The Morgan fingerprint density at radius 2 is 1.40 bits per heavy atom. The molecule has 25 heavy (non-hydrogen) atoms. The molecular weight excluding hydrogens is 308 g/mol. The number of ketones is 1. The Balaban J connectivity index is 1.30. The maximum atomic E-state index is 12.6. The number of carbonyl (C=O) groups is 1. The Kier molecular flexibility index (Phi) is 4.95. The molecule has 3 nitrogen and oxygen atoms in total. The van der Waals surface area contributed by atoms with Gasteiger partial charge in [0.2, 0.25) is 0 Å². The molecule has 1 saturated carbocycles. The summed E-state index contributed by atoms with van der Waals surface area (Å²) in [5.74, 6) is 1.19. The van der Waals surface area contributed by atoms with E-state index in [9.17, 15) is 4.79 Å². The van der Waals surface area contributed by atoms with Crippen LogP contribution in [0.4, 0.5) is 0 Å². The summed E-state index contributed by atoms with van der Waals surface area (Å²) in [6, 6.07) is 18.3. The van der Waals surface area contributed by atoms with Gasteiger partial charge in [0.15, 0.2) is 5.78 Å². The van der Waals surface area contributed by atoms with Crippen molar-refractivity contribution < 1.29 is 4.79 Å². The molecule has 0 spiro atoms. The summed E-state index contributed by atoms with van der Waals surface area (Å²) in [6.07, 6.45) is 2.83. The number of hydrogen-bond acceptors (Lipinski definition) is 3. The highest BCUT2D eigenvalue weighted by Crippen LogP contribution is 2.29. The van der Waals surface area contributed by atoms with Gasteiger partial charge in [0, 0.05) is 38.3 Å². The first-order valence-corrected chi connectivity index (χ1v) is 9.41. The lowest BCUT2D eigenvalue weighted by Gasteiger charge is -2.34. The second-order valence-electron chi connectivity index (χ2n) is 7.39. The van der Waals surface area contributed by atoms with E-state index in [-0.39, 0.29) is 5.78 Å². The van der Waals surface area contributed by atoms with Gasteiger partial charge in [-0.15, -0.1) is 0 Å². The zero-order valence-corrected chi connectivity index (χ0v) is 14.7. The predicted molar refractivity (Wildman–Crippen MR) is 102 cm³/mol. The molecule has 2 aliphatic rings. The quantitative estimate of drug-likeness (QED) is 0.755. The van der Waals surface area contributed by atoms with Crippen LogP contribution in [-0.4, -0.2) is 54.9 Å². The summed E-state index contributed by atoms with van der Waals surface area (Å²) in [7, 11) is 0. The van der Waals surface area contributed by atoms with E-state index in [0.717, 1.165) is 43.2 Å². The van der Waals surface area contributed by atoms with Crippen LogP contribution < -0.4 is 0 Å². The van der Waals surface area contributed by atoms with Crippen molar-refractivity contribution in [1.29, 1.82) is 0 Å². The van der Waals surface area contributed by atoms with Gasteiger partial charge >= 0.3 is 0 Å². The Bertz CT molecular complexity index is 699. The fourth-order valence-electron chi connectivity index (χ4n) is 3.57. The van der Waals surface area contributed by atoms with Crippen LogP contribution in [0.25, 0.3) is 11.1 Å². The molecule has 0 radical (unpaired) electrons. The lowest BCUT2D eigenvalue weighted by Crippen LogP contribution is -2.48. The molecule has 2 aromatic rings. The van der Waals surface area contributed by atoms with Gasteiger partial charge in [-0.2, -0.15) is 0 Å². The smallest absolute Gasteiger partial charge is 0.176 e. The molecule has 1 aliphatic heterocycles. The number of piperazine rings is 1. The first-order valence-electron chi connectivity index (χ1n) is 9.41. The van der Waals surface area contributed by atoms with Crippen molar-refractivity contribution in [3.63, 3.8) is 0 Å². The average molecular weight is 334 g/mol. The van der Waals surface area contributed by atoms with Gasteiger partial charge in [0.25, 0.3) is 0 Å². The van der Waals surface area contributed by atoms with E-state index >= 15 is 0 Å². The number of carbonyl (C=O) groups excluding carboxylic acids is 1. The van der Waals surface area contributed by atoms with Crippen LogP contribution >= 0.6 is 0 Å². The Hall–Kier alpha value is -1.97. The molecule has 130 valence electrons. The van der Waals surface area contributed by atoms with Crippen molar-refractivity contribution >= 4 is 5.78 Å². The van der Waals surface area contributed by atoms with Crippen molar-refractivity contribution in [2.75, 3.05) is 39.3 Å². The number of Topliss-reactive ketones (excluding diaryl/α,β-unsaturated/α-hetero) is 1. The molecule has 1 aliphatic carbocycles. The maximum absolute atomic E-state index is 12.6. The molecule has 0 aromatic heterocycles. The molecule has 0 amide bonds.